The van der Waals surface area contributed by atoms with Crippen molar-refractivity contribution in [1.82, 2.24) is 15.3 Å². The van der Waals surface area contributed by atoms with Gasteiger partial charge in [0, 0.05) is 18.6 Å². The Morgan fingerprint density at radius 1 is 1.38 bits per heavy atom. The van der Waals surface area contributed by atoms with E-state index in [1.165, 1.54) is 32.1 Å². The molecule has 1 N–H and O–H groups in total. The van der Waals surface area contributed by atoms with Gasteiger partial charge in [-0.2, -0.15) is 0 Å². The lowest BCUT2D eigenvalue weighted by Crippen LogP contribution is -2.34. The van der Waals surface area contributed by atoms with E-state index in [4.69, 9.17) is 0 Å². The molecule has 16 heavy (non-hydrogen) atoms. The zero-order valence-electron chi connectivity index (χ0n) is 10.2. The molecule has 3 heteroatoms. The van der Waals surface area contributed by atoms with Crippen LogP contribution in [0, 0.1) is 5.41 Å². The van der Waals surface area contributed by atoms with Gasteiger partial charge >= 0.3 is 0 Å². The highest BCUT2D eigenvalue weighted by molar-refractivity contribution is 5.09. The molecule has 0 bridgehead atoms. The molecule has 0 aromatic carbocycles. The summed E-state index contributed by atoms with van der Waals surface area (Å²) in [5.74, 6) is 0. The molecule has 1 heterocycles. The van der Waals surface area contributed by atoms with Crippen LogP contribution in [0.25, 0.3) is 0 Å². The lowest BCUT2D eigenvalue weighted by atomic mass is 9.75. The van der Waals surface area contributed by atoms with E-state index in [9.17, 15) is 0 Å². The highest BCUT2D eigenvalue weighted by Gasteiger charge is 2.40. The highest BCUT2D eigenvalue weighted by Crippen LogP contribution is 2.49. The number of nitrogens with zero attached hydrogens (tertiary/aromatic N) is 2. The smallest absolute Gasteiger partial charge is 0.0761 e. The summed E-state index contributed by atoms with van der Waals surface area (Å²) >= 11 is 0. The summed E-state index contributed by atoms with van der Waals surface area (Å²) in [6, 6.07) is 0.355. The quantitative estimate of drug-likeness (QED) is 0.846. The second kappa shape index (κ2) is 4.91. The summed E-state index contributed by atoms with van der Waals surface area (Å²) in [6.45, 7) is 2.30. The summed E-state index contributed by atoms with van der Waals surface area (Å²) in [5, 5.41) is 3.45. The first-order chi connectivity index (χ1) is 7.82. The SMILES string of the molecule is CCC1(C(NC)c2cnccn2)CCCC1. The van der Waals surface area contributed by atoms with Gasteiger partial charge in [-0.25, -0.2) is 0 Å². The van der Waals surface area contributed by atoms with E-state index in [0.29, 0.717) is 11.5 Å². The lowest BCUT2D eigenvalue weighted by Gasteiger charge is -2.36. The third-order valence-electron chi connectivity index (χ3n) is 4.08. The molecular weight excluding hydrogens is 198 g/mol. The van der Waals surface area contributed by atoms with Gasteiger partial charge in [0.2, 0.25) is 0 Å². The molecule has 1 aromatic rings. The van der Waals surface area contributed by atoms with E-state index in [-0.39, 0.29) is 0 Å². The van der Waals surface area contributed by atoms with E-state index in [1.54, 1.807) is 12.4 Å². The third-order valence-corrected chi connectivity index (χ3v) is 4.08. The Bertz CT molecular complexity index is 317. The molecular formula is C13H21N3. The van der Waals surface area contributed by atoms with Crippen LogP contribution in [0.15, 0.2) is 18.6 Å². The first kappa shape index (κ1) is 11.5. The molecule has 1 aliphatic rings. The van der Waals surface area contributed by atoms with Crippen molar-refractivity contribution in [3.63, 3.8) is 0 Å². The molecule has 0 amide bonds. The Labute approximate surface area is 97.7 Å². The molecule has 1 fully saturated rings. The summed E-state index contributed by atoms with van der Waals surface area (Å²) in [5.41, 5.74) is 1.49. The topological polar surface area (TPSA) is 37.8 Å². The van der Waals surface area contributed by atoms with Crippen molar-refractivity contribution < 1.29 is 0 Å². The van der Waals surface area contributed by atoms with Crippen LogP contribution in [-0.2, 0) is 0 Å². The molecule has 2 rings (SSSR count). The van der Waals surface area contributed by atoms with E-state index in [0.717, 1.165) is 5.69 Å². The number of aromatic nitrogens is 2. The second-order valence-electron chi connectivity index (χ2n) is 4.77. The van der Waals surface area contributed by atoms with Gasteiger partial charge in [-0.05, 0) is 31.7 Å². The molecule has 1 saturated carbocycles. The Hall–Kier alpha value is -0.960. The molecule has 1 aromatic heterocycles. The predicted molar refractivity (Wildman–Crippen MR) is 65.0 cm³/mol. The average Bonchev–Trinajstić information content (AvgIpc) is 2.81. The van der Waals surface area contributed by atoms with Gasteiger partial charge in [0.25, 0.3) is 0 Å². The summed E-state index contributed by atoms with van der Waals surface area (Å²) < 4.78 is 0. The van der Waals surface area contributed by atoms with E-state index < -0.39 is 0 Å². The number of hydrogen-bond donors (Lipinski definition) is 1. The van der Waals surface area contributed by atoms with Crippen molar-refractivity contribution >= 4 is 0 Å². The van der Waals surface area contributed by atoms with Crippen molar-refractivity contribution in [2.45, 2.75) is 45.1 Å². The largest absolute Gasteiger partial charge is 0.311 e. The molecule has 1 aliphatic carbocycles. The number of rotatable bonds is 4. The zero-order chi connectivity index (χ0) is 11.4. The monoisotopic (exact) mass is 219 g/mol. The van der Waals surface area contributed by atoms with Gasteiger partial charge in [0.15, 0.2) is 0 Å². The zero-order valence-corrected chi connectivity index (χ0v) is 10.2. The Morgan fingerprint density at radius 2 is 2.12 bits per heavy atom. The minimum absolute atomic E-state index is 0.355. The molecule has 0 spiro atoms. The maximum atomic E-state index is 4.46. The fraction of sp³-hybridized carbons (Fsp3) is 0.692. The molecule has 1 atom stereocenters. The van der Waals surface area contributed by atoms with Gasteiger partial charge < -0.3 is 5.32 Å². The maximum absolute atomic E-state index is 4.46. The maximum Gasteiger partial charge on any atom is 0.0761 e. The molecule has 1 unspecified atom stereocenters. The average molecular weight is 219 g/mol. The molecule has 0 saturated heterocycles. The van der Waals surface area contributed by atoms with Gasteiger partial charge in [0.05, 0.1) is 11.7 Å². The first-order valence-electron chi connectivity index (χ1n) is 6.25. The molecule has 3 nitrogen and oxygen atoms in total. The van der Waals surface area contributed by atoms with E-state index in [2.05, 4.69) is 22.2 Å². The van der Waals surface area contributed by atoms with Crippen molar-refractivity contribution in [3.05, 3.63) is 24.3 Å². The van der Waals surface area contributed by atoms with Crippen LogP contribution >= 0.6 is 0 Å². The Morgan fingerprint density at radius 3 is 2.62 bits per heavy atom. The van der Waals surface area contributed by atoms with Crippen molar-refractivity contribution in [3.8, 4) is 0 Å². The standard InChI is InChI=1S/C13H21N3/c1-3-13(6-4-5-7-13)12(14-2)11-10-15-8-9-16-11/h8-10,12,14H,3-7H2,1-2H3. The molecule has 88 valence electrons. The first-order valence-corrected chi connectivity index (χ1v) is 6.25. The lowest BCUT2D eigenvalue weighted by molar-refractivity contribution is 0.191. The van der Waals surface area contributed by atoms with Crippen LogP contribution in [-0.4, -0.2) is 17.0 Å². The minimum Gasteiger partial charge on any atom is -0.311 e. The third kappa shape index (κ3) is 1.96. The van der Waals surface area contributed by atoms with Crippen molar-refractivity contribution in [1.29, 1.82) is 0 Å². The van der Waals surface area contributed by atoms with Crippen LogP contribution in [0.4, 0.5) is 0 Å². The number of nitrogens with one attached hydrogen (secondary N) is 1. The van der Waals surface area contributed by atoms with Gasteiger partial charge in [0.1, 0.15) is 0 Å². The predicted octanol–water partition coefficient (Wildman–Crippen LogP) is 2.71. The van der Waals surface area contributed by atoms with Crippen molar-refractivity contribution in [2.75, 3.05) is 7.05 Å². The molecule has 0 aliphatic heterocycles. The van der Waals surface area contributed by atoms with Gasteiger partial charge in [-0.1, -0.05) is 19.8 Å². The number of hydrogen-bond acceptors (Lipinski definition) is 3. The fourth-order valence-electron chi connectivity index (χ4n) is 3.15. The van der Waals surface area contributed by atoms with Gasteiger partial charge in [-0.3, -0.25) is 9.97 Å². The normalized spacial score (nSPS) is 20.9. The highest BCUT2D eigenvalue weighted by atomic mass is 14.9. The van der Waals surface area contributed by atoms with Crippen LogP contribution in [0.1, 0.15) is 50.8 Å². The van der Waals surface area contributed by atoms with E-state index >= 15 is 0 Å². The summed E-state index contributed by atoms with van der Waals surface area (Å²) in [6.07, 6.45) is 12.0. The minimum atomic E-state index is 0.355. The van der Waals surface area contributed by atoms with Crippen molar-refractivity contribution in [2.24, 2.45) is 5.41 Å². The molecule has 0 radical (unpaired) electrons. The van der Waals surface area contributed by atoms with Crippen LogP contribution in [0.2, 0.25) is 0 Å². The Balaban J connectivity index is 2.28. The van der Waals surface area contributed by atoms with Crippen LogP contribution in [0.5, 0.6) is 0 Å². The summed E-state index contributed by atoms with van der Waals surface area (Å²) in [7, 11) is 2.04. The van der Waals surface area contributed by atoms with E-state index in [1.807, 2.05) is 13.2 Å². The summed E-state index contributed by atoms with van der Waals surface area (Å²) in [4.78, 5) is 8.65. The fourth-order valence-corrected chi connectivity index (χ4v) is 3.15. The Kier molecular flexibility index (Phi) is 3.54. The van der Waals surface area contributed by atoms with Gasteiger partial charge in [-0.15, -0.1) is 0 Å². The van der Waals surface area contributed by atoms with Crippen LogP contribution < -0.4 is 5.32 Å². The second-order valence-corrected chi connectivity index (χ2v) is 4.77. The van der Waals surface area contributed by atoms with Crippen LogP contribution in [0.3, 0.4) is 0 Å².